The molecular formula is C51H33N3S. The van der Waals surface area contributed by atoms with Gasteiger partial charge in [-0.05, 0) is 69.3 Å². The Kier molecular flexibility index (Phi) is 8.36. The van der Waals surface area contributed by atoms with Gasteiger partial charge in [0.05, 0.1) is 0 Å². The van der Waals surface area contributed by atoms with Crippen LogP contribution in [0.2, 0.25) is 0 Å². The zero-order valence-electron chi connectivity index (χ0n) is 29.8. The summed E-state index contributed by atoms with van der Waals surface area (Å²) in [6.45, 7) is 0. The third-order valence-corrected chi connectivity index (χ3v) is 11.4. The van der Waals surface area contributed by atoms with E-state index < -0.39 is 0 Å². The highest BCUT2D eigenvalue weighted by Gasteiger charge is 2.20. The molecule has 10 rings (SSSR count). The third-order valence-electron chi connectivity index (χ3n) is 10.1. The highest BCUT2D eigenvalue weighted by atomic mass is 32.1. The van der Waals surface area contributed by atoms with Crippen LogP contribution < -0.4 is 0 Å². The summed E-state index contributed by atoms with van der Waals surface area (Å²) in [6.07, 6.45) is 0. The highest BCUT2D eigenvalue weighted by Crippen LogP contribution is 2.45. The summed E-state index contributed by atoms with van der Waals surface area (Å²) >= 11 is 1.81. The van der Waals surface area contributed by atoms with Crippen LogP contribution in [0.15, 0.2) is 200 Å². The van der Waals surface area contributed by atoms with Gasteiger partial charge < -0.3 is 0 Å². The number of hydrogen-bond donors (Lipinski definition) is 0. The predicted molar refractivity (Wildman–Crippen MR) is 231 cm³/mol. The Labute approximate surface area is 323 Å². The van der Waals surface area contributed by atoms with Crippen molar-refractivity contribution in [2.24, 2.45) is 0 Å². The van der Waals surface area contributed by atoms with E-state index in [1.165, 1.54) is 37.7 Å². The van der Waals surface area contributed by atoms with Crippen LogP contribution in [0.3, 0.4) is 0 Å². The Hall–Kier alpha value is -7.01. The lowest BCUT2D eigenvalue weighted by atomic mass is 9.96. The van der Waals surface area contributed by atoms with E-state index >= 15 is 0 Å². The van der Waals surface area contributed by atoms with Crippen molar-refractivity contribution in [1.82, 2.24) is 15.0 Å². The van der Waals surface area contributed by atoms with Crippen LogP contribution in [-0.4, -0.2) is 15.0 Å². The van der Waals surface area contributed by atoms with Gasteiger partial charge in [-0.1, -0.05) is 170 Å². The molecule has 4 heteroatoms. The van der Waals surface area contributed by atoms with E-state index in [0.717, 1.165) is 43.6 Å². The molecule has 0 aliphatic carbocycles. The van der Waals surface area contributed by atoms with Gasteiger partial charge in [-0.2, -0.15) is 0 Å². The molecule has 0 saturated heterocycles. The zero-order chi connectivity index (χ0) is 36.6. The predicted octanol–water partition coefficient (Wildman–Crippen LogP) is 13.9. The second-order valence-electron chi connectivity index (χ2n) is 13.6. The van der Waals surface area contributed by atoms with E-state index in [1.807, 2.05) is 23.5 Å². The summed E-state index contributed by atoms with van der Waals surface area (Å²) in [4.78, 5) is 15.7. The number of benzene rings is 8. The quantitative estimate of drug-likeness (QED) is 0.165. The summed E-state index contributed by atoms with van der Waals surface area (Å²) in [5.74, 6) is 1.92. The van der Waals surface area contributed by atoms with Gasteiger partial charge >= 0.3 is 0 Å². The van der Waals surface area contributed by atoms with E-state index in [4.69, 9.17) is 15.0 Å². The number of aromatic nitrogens is 3. The second-order valence-corrected chi connectivity index (χ2v) is 14.6. The summed E-state index contributed by atoms with van der Waals surface area (Å²) in [6, 6.07) is 70.4. The molecule has 0 N–H and O–H groups in total. The smallest absolute Gasteiger partial charge is 0.165 e. The zero-order valence-corrected chi connectivity index (χ0v) is 30.6. The standard InChI is InChI=1S/C51H33N3S/c1-5-16-34(17-6-1)38-24-13-26-40(30-38)49-52-50(41-27-14-25-39(31-41)35-18-7-2-8-19-35)54-51(53-49)44-29-15-28-43-46-33-42(36-20-9-3-10-21-36)32-45(48(46)55-47(43)44)37-22-11-4-12-23-37/h1-33H. The van der Waals surface area contributed by atoms with Crippen LogP contribution in [0.1, 0.15) is 0 Å². The summed E-state index contributed by atoms with van der Waals surface area (Å²) in [5.41, 5.74) is 12.2. The molecule has 0 radical (unpaired) electrons. The molecule has 2 aromatic heterocycles. The molecular weight excluding hydrogens is 687 g/mol. The Bertz CT molecular complexity index is 2860. The largest absolute Gasteiger partial charge is 0.208 e. The highest BCUT2D eigenvalue weighted by molar-refractivity contribution is 7.26. The van der Waals surface area contributed by atoms with Gasteiger partial charge in [0, 0.05) is 42.4 Å². The molecule has 0 spiro atoms. The molecule has 0 amide bonds. The Morgan fingerprint density at radius 3 is 1.22 bits per heavy atom. The number of hydrogen-bond acceptors (Lipinski definition) is 4. The average Bonchev–Trinajstić information content (AvgIpc) is 3.66. The SMILES string of the molecule is c1ccc(-c2cccc(-c3nc(-c4cccc(-c5ccccc5)c4)nc(-c4cccc5c4sc4c(-c6ccccc6)cc(-c6ccccc6)cc45)n3)c2)cc1. The maximum absolute atomic E-state index is 5.27. The number of rotatable bonds is 7. The summed E-state index contributed by atoms with van der Waals surface area (Å²) in [5, 5.41) is 2.41. The fraction of sp³-hybridized carbons (Fsp3) is 0. The first kappa shape index (κ1) is 32.6. The number of thiophene rings is 1. The lowest BCUT2D eigenvalue weighted by Crippen LogP contribution is -2.00. The van der Waals surface area contributed by atoms with Crippen molar-refractivity contribution in [2.75, 3.05) is 0 Å². The number of nitrogens with zero attached hydrogens (tertiary/aromatic N) is 3. The first-order valence-electron chi connectivity index (χ1n) is 18.4. The fourth-order valence-corrected chi connectivity index (χ4v) is 8.72. The minimum absolute atomic E-state index is 0.636. The van der Waals surface area contributed by atoms with E-state index in [1.54, 1.807) is 0 Å². The molecule has 0 atom stereocenters. The van der Waals surface area contributed by atoms with Crippen LogP contribution >= 0.6 is 11.3 Å². The summed E-state index contributed by atoms with van der Waals surface area (Å²) in [7, 11) is 0. The van der Waals surface area contributed by atoms with Gasteiger partial charge in [0.15, 0.2) is 17.5 Å². The molecule has 3 nitrogen and oxygen atoms in total. The van der Waals surface area contributed by atoms with Gasteiger partial charge in [-0.25, -0.2) is 15.0 Å². The van der Waals surface area contributed by atoms with Crippen molar-refractivity contribution < 1.29 is 0 Å². The Morgan fingerprint density at radius 1 is 0.255 bits per heavy atom. The third kappa shape index (κ3) is 6.29. The van der Waals surface area contributed by atoms with Crippen molar-refractivity contribution in [2.45, 2.75) is 0 Å². The van der Waals surface area contributed by atoms with Gasteiger partial charge in [0.2, 0.25) is 0 Å². The first-order chi connectivity index (χ1) is 27.2. The van der Waals surface area contributed by atoms with Crippen LogP contribution in [0.25, 0.3) is 98.8 Å². The molecule has 55 heavy (non-hydrogen) atoms. The molecule has 0 aliphatic rings. The van der Waals surface area contributed by atoms with Crippen molar-refractivity contribution >= 4 is 31.5 Å². The first-order valence-corrected chi connectivity index (χ1v) is 19.3. The van der Waals surface area contributed by atoms with E-state index in [0.29, 0.717) is 17.5 Å². The second kappa shape index (κ2) is 14.1. The summed E-state index contributed by atoms with van der Waals surface area (Å²) < 4.78 is 2.40. The Morgan fingerprint density at radius 2 is 0.673 bits per heavy atom. The maximum Gasteiger partial charge on any atom is 0.165 e. The molecule has 2 heterocycles. The molecule has 0 saturated carbocycles. The minimum atomic E-state index is 0.636. The lowest BCUT2D eigenvalue weighted by molar-refractivity contribution is 1.08. The normalized spacial score (nSPS) is 11.3. The van der Waals surface area contributed by atoms with Crippen LogP contribution in [0, 0.1) is 0 Å². The molecule has 0 bridgehead atoms. The fourth-order valence-electron chi connectivity index (χ4n) is 7.40. The van der Waals surface area contributed by atoms with Crippen LogP contribution in [0.5, 0.6) is 0 Å². The van der Waals surface area contributed by atoms with Crippen molar-refractivity contribution in [3.05, 3.63) is 200 Å². The van der Waals surface area contributed by atoms with Crippen molar-refractivity contribution in [1.29, 1.82) is 0 Å². The molecule has 0 unspecified atom stereocenters. The van der Waals surface area contributed by atoms with Gasteiger partial charge in [0.25, 0.3) is 0 Å². The van der Waals surface area contributed by atoms with Crippen LogP contribution in [-0.2, 0) is 0 Å². The topological polar surface area (TPSA) is 38.7 Å². The minimum Gasteiger partial charge on any atom is -0.208 e. The Balaban J connectivity index is 1.20. The van der Waals surface area contributed by atoms with E-state index in [-0.39, 0.29) is 0 Å². The van der Waals surface area contributed by atoms with Gasteiger partial charge in [0.1, 0.15) is 0 Å². The maximum atomic E-state index is 5.27. The van der Waals surface area contributed by atoms with E-state index in [2.05, 4.69) is 188 Å². The van der Waals surface area contributed by atoms with Gasteiger partial charge in [-0.3, -0.25) is 0 Å². The molecule has 10 aromatic rings. The lowest BCUT2D eigenvalue weighted by Gasteiger charge is -2.11. The number of fused-ring (bicyclic) bond motifs is 3. The molecule has 8 aromatic carbocycles. The molecule has 0 fully saturated rings. The van der Waals surface area contributed by atoms with Crippen molar-refractivity contribution in [3.63, 3.8) is 0 Å². The van der Waals surface area contributed by atoms with Crippen molar-refractivity contribution in [3.8, 4) is 78.7 Å². The van der Waals surface area contributed by atoms with Gasteiger partial charge in [-0.15, -0.1) is 11.3 Å². The average molecular weight is 720 g/mol. The molecule has 0 aliphatic heterocycles. The molecule has 258 valence electrons. The van der Waals surface area contributed by atoms with Crippen LogP contribution in [0.4, 0.5) is 0 Å². The monoisotopic (exact) mass is 719 g/mol. The van der Waals surface area contributed by atoms with E-state index in [9.17, 15) is 0 Å².